The van der Waals surface area contributed by atoms with Crippen LogP contribution in [0.5, 0.6) is 5.75 Å². The van der Waals surface area contributed by atoms with E-state index < -0.39 is 0 Å². The van der Waals surface area contributed by atoms with Crippen LogP contribution in [-0.4, -0.2) is 17.3 Å². The van der Waals surface area contributed by atoms with Crippen molar-refractivity contribution < 1.29 is 18.7 Å². The summed E-state index contributed by atoms with van der Waals surface area (Å²) in [4.78, 5) is 26.2. The van der Waals surface area contributed by atoms with Gasteiger partial charge in [-0.15, -0.1) is 0 Å². The molecule has 3 aromatic rings. The second-order valence-electron chi connectivity index (χ2n) is 8.73. The lowest BCUT2D eigenvalue weighted by Crippen LogP contribution is -2.43. The van der Waals surface area contributed by atoms with E-state index in [9.17, 15) is 9.59 Å². The Morgan fingerprint density at radius 1 is 1.10 bits per heavy atom. The van der Waals surface area contributed by atoms with Gasteiger partial charge in [-0.3, -0.25) is 9.59 Å². The van der Waals surface area contributed by atoms with Gasteiger partial charge in [-0.1, -0.05) is 24.1 Å². The number of Topliss-reactive ketones (excluding diaryl/α,β-unsaturated/α-hetero) is 1. The van der Waals surface area contributed by atoms with Crippen LogP contribution in [0, 0.1) is 13.8 Å². The normalized spacial score (nSPS) is 17.5. The van der Waals surface area contributed by atoms with E-state index in [2.05, 4.69) is 5.32 Å². The van der Waals surface area contributed by atoms with Gasteiger partial charge in [0.25, 0.3) is 5.91 Å². The van der Waals surface area contributed by atoms with Crippen LogP contribution in [0.25, 0.3) is 11.0 Å². The topological polar surface area (TPSA) is 68.5 Å². The van der Waals surface area contributed by atoms with Crippen LogP contribution in [0.1, 0.15) is 70.6 Å². The number of hydrogen-bond acceptors (Lipinski definition) is 4. The smallest absolute Gasteiger partial charge is 0.291 e. The number of nitrogens with one attached hydrogen (secondary N) is 1. The fourth-order valence-electron chi connectivity index (χ4n) is 4.93. The second kappa shape index (κ2) is 7.41. The highest BCUT2D eigenvalue weighted by molar-refractivity contribution is 6.31. The van der Waals surface area contributed by atoms with Crippen molar-refractivity contribution in [3.05, 3.63) is 57.8 Å². The van der Waals surface area contributed by atoms with E-state index in [4.69, 9.17) is 20.8 Å². The fraction of sp³-hybridized carbons (Fsp3) is 0.360. The molecule has 1 aliphatic carbocycles. The Morgan fingerprint density at radius 3 is 2.65 bits per heavy atom. The number of ether oxygens (including phenoxy) is 1. The van der Waals surface area contributed by atoms with Gasteiger partial charge in [0.2, 0.25) is 0 Å². The van der Waals surface area contributed by atoms with E-state index in [1.54, 1.807) is 24.3 Å². The zero-order valence-corrected chi connectivity index (χ0v) is 18.4. The number of benzene rings is 2. The van der Waals surface area contributed by atoms with Crippen molar-refractivity contribution in [2.75, 3.05) is 5.32 Å². The van der Waals surface area contributed by atoms with Crippen LogP contribution < -0.4 is 10.1 Å². The highest BCUT2D eigenvalue weighted by Crippen LogP contribution is 2.45. The zero-order chi connectivity index (χ0) is 21.8. The number of amides is 1. The van der Waals surface area contributed by atoms with Gasteiger partial charge < -0.3 is 14.5 Å². The highest BCUT2D eigenvalue weighted by Gasteiger charge is 2.42. The highest BCUT2D eigenvalue weighted by atomic mass is 35.5. The molecule has 0 atom stereocenters. The first-order chi connectivity index (χ1) is 14.9. The SMILES string of the molecule is Cc1ccc(Cl)cc1NC(=O)c1oc2ccc3c(c2c1C)C(=O)CC1(CCCCC1)O3. The number of anilines is 1. The summed E-state index contributed by atoms with van der Waals surface area (Å²) in [5.41, 5.74) is 2.83. The van der Waals surface area contributed by atoms with Crippen LogP contribution in [0.4, 0.5) is 5.69 Å². The fourth-order valence-corrected chi connectivity index (χ4v) is 5.11. The molecule has 1 saturated carbocycles. The van der Waals surface area contributed by atoms with Gasteiger partial charge >= 0.3 is 0 Å². The van der Waals surface area contributed by atoms with Gasteiger partial charge in [0.05, 0.1) is 12.0 Å². The minimum atomic E-state index is -0.377. The van der Waals surface area contributed by atoms with Crippen molar-refractivity contribution in [2.45, 2.75) is 58.0 Å². The predicted octanol–water partition coefficient (Wildman–Crippen LogP) is 6.62. The van der Waals surface area contributed by atoms with Crippen molar-refractivity contribution in [3.63, 3.8) is 0 Å². The average molecular weight is 438 g/mol. The summed E-state index contributed by atoms with van der Waals surface area (Å²) in [5, 5.41) is 4.08. The van der Waals surface area contributed by atoms with Crippen molar-refractivity contribution in [3.8, 4) is 5.75 Å². The minimum Gasteiger partial charge on any atom is -0.486 e. The molecule has 0 saturated heterocycles. The molecular formula is C25H24ClNO4. The molecule has 1 fully saturated rings. The van der Waals surface area contributed by atoms with Crippen molar-refractivity contribution in [1.29, 1.82) is 0 Å². The molecule has 2 aromatic carbocycles. The molecule has 6 heteroatoms. The number of aryl methyl sites for hydroxylation is 2. The van der Waals surface area contributed by atoms with Crippen LogP contribution >= 0.6 is 11.6 Å². The molecule has 2 aliphatic rings. The van der Waals surface area contributed by atoms with Gasteiger partial charge in [0.15, 0.2) is 11.5 Å². The monoisotopic (exact) mass is 437 g/mol. The Bertz CT molecular complexity index is 1220. The van der Waals surface area contributed by atoms with Crippen LogP contribution in [0.2, 0.25) is 5.02 Å². The average Bonchev–Trinajstić information content (AvgIpc) is 3.08. The Morgan fingerprint density at radius 2 is 1.87 bits per heavy atom. The van der Waals surface area contributed by atoms with Crippen molar-refractivity contribution in [1.82, 2.24) is 0 Å². The van der Waals surface area contributed by atoms with E-state index in [1.165, 1.54) is 6.42 Å². The molecule has 0 bridgehead atoms. The Labute approximate surface area is 185 Å². The molecule has 0 radical (unpaired) electrons. The molecule has 1 amide bonds. The molecule has 5 rings (SSSR count). The van der Waals surface area contributed by atoms with E-state index in [0.29, 0.717) is 45.0 Å². The summed E-state index contributed by atoms with van der Waals surface area (Å²) >= 11 is 6.07. The molecule has 1 aliphatic heterocycles. The third-order valence-corrected chi connectivity index (χ3v) is 6.80. The molecule has 5 nitrogen and oxygen atoms in total. The van der Waals surface area contributed by atoms with E-state index >= 15 is 0 Å². The first-order valence-electron chi connectivity index (χ1n) is 10.7. The first kappa shape index (κ1) is 20.1. The summed E-state index contributed by atoms with van der Waals surface area (Å²) in [6, 6.07) is 8.91. The maximum Gasteiger partial charge on any atom is 0.291 e. The molecule has 0 unspecified atom stereocenters. The lowest BCUT2D eigenvalue weighted by Gasteiger charge is -2.40. The van der Waals surface area contributed by atoms with Gasteiger partial charge in [-0.05, 0) is 69.4 Å². The molecule has 1 spiro atoms. The number of furan rings is 1. The van der Waals surface area contributed by atoms with Gasteiger partial charge in [-0.2, -0.15) is 0 Å². The third-order valence-electron chi connectivity index (χ3n) is 6.56. The summed E-state index contributed by atoms with van der Waals surface area (Å²) in [6.07, 6.45) is 5.57. The summed E-state index contributed by atoms with van der Waals surface area (Å²) < 4.78 is 12.3. The van der Waals surface area contributed by atoms with Crippen LogP contribution in [0.3, 0.4) is 0 Å². The van der Waals surface area contributed by atoms with Gasteiger partial charge in [0, 0.05) is 21.7 Å². The Hall–Kier alpha value is -2.79. The predicted molar refractivity (Wildman–Crippen MR) is 120 cm³/mol. The number of ketones is 1. The first-order valence-corrected chi connectivity index (χ1v) is 11.1. The minimum absolute atomic E-state index is 0.0651. The zero-order valence-electron chi connectivity index (χ0n) is 17.6. The molecule has 160 valence electrons. The molecule has 2 heterocycles. The third kappa shape index (κ3) is 3.41. The number of halogens is 1. The van der Waals surface area contributed by atoms with Crippen LogP contribution in [-0.2, 0) is 0 Å². The summed E-state index contributed by atoms with van der Waals surface area (Å²) in [6.45, 7) is 3.70. The maximum atomic E-state index is 13.2. The number of hydrogen-bond donors (Lipinski definition) is 1. The van der Waals surface area contributed by atoms with Crippen LogP contribution in [0.15, 0.2) is 34.7 Å². The number of rotatable bonds is 2. The Balaban J connectivity index is 1.54. The van der Waals surface area contributed by atoms with E-state index in [-0.39, 0.29) is 23.1 Å². The lowest BCUT2D eigenvalue weighted by atomic mass is 9.78. The van der Waals surface area contributed by atoms with E-state index in [0.717, 1.165) is 31.2 Å². The molecule has 1 N–H and O–H groups in total. The summed E-state index contributed by atoms with van der Waals surface area (Å²) in [7, 11) is 0. The number of carbonyl (C=O) groups excluding carboxylic acids is 2. The van der Waals surface area contributed by atoms with Gasteiger partial charge in [-0.25, -0.2) is 0 Å². The number of fused-ring (bicyclic) bond motifs is 3. The van der Waals surface area contributed by atoms with Crippen molar-refractivity contribution >= 4 is 39.9 Å². The lowest BCUT2D eigenvalue weighted by molar-refractivity contribution is 0.0139. The summed E-state index contributed by atoms with van der Waals surface area (Å²) in [5.74, 6) is 0.483. The second-order valence-corrected chi connectivity index (χ2v) is 9.16. The van der Waals surface area contributed by atoms with Crippen molar-refractivity contribution in [2.24, 2.45) is 0 Å². The van der Waals surface area contributed by atoms with E-state index in [1.807, 2.05) is 19.9 Å². The molecule has 31 heavy (non-hydrogen) atoms. The largest absolute Gasteiger partial charge is 0.486 e. The maximum absolute atomic E-state index is 13.2. The molecular weight excluding hydrogens is 414 g/mol. The van der Waals surface area contributed by atoms with Gasteiger partial charge in [0.1, 0.15) is 16.9 Å². The molecule has 1 aromatic heterocycles. The number of carbonyl (C=O) groups is 2. The quantitative estimate of drug-likeness (QED) is 0.488. The Kier molecular flexibility index (Phi) is 4.82. The standard InChI is InChI=1S/C25H24ClNO4/c1-14-6-7-16(26)12-17(14)27-24(29)23-15(2)21-19(30-23)8-9-20-22(21)18(28)13-25(31-20)10-4-3-5-11-25/h6-9,12H,3-5,10-11,13H2,1-2H3,(H,27,29).